The lowest BCUT2D eigenvalue weighted by Gasteiger charge is -2.15. The number of carbonyl (C=O) groups is 1. The normalized spacial score (nSPS) is 12.2. The smallest absolute Gasteiger partial charge is 0.258 e. The summed E-state index contributed by atoms with van der Waals surface area (Å²) in [6, 6.07) is 8.10. The molecule has 4 heteroatoms. The zero-order valence-electron chi connectivity index (χ0n) is 12.7. The van der Waals surface area contributed by atoms with Gasteiger partial charge in [0.05, 0.1) is 0 Å². The molecule has 0 radical (unpaired) electrons. The first-order chi connectivity index (χ1) is 9.55. The van der Waals surface area contributed by atoms with Crippen LogP contribution in [0, 0.1) is 0 Å². The maximum absolute atomic E-state index is 11.7. The zero-order valence-corrected chi connectivity index (χ0v) is 12.7. The van der Waals surface area contributed by atoms with Gasteiger partial charge in [0, 0.05) is 12.1 Å². The number of hydrogen-bond acceptors (Lipinski definition) is 3. The highest BCUT2D eigenvalue weighted by Crippen LogP contribution is 2.13. The number of rotatable bonds is 8. The Hall–Kier alpha value is -1.55. The number of nitrogens with two attached hydrogens (primary N) is 1. The summed E-state index contributed by atoms with van der Waals surface area (Å²) in [5, 5.41) is 2.94. The minimum atomic E-state index is -0.0710. The van der Waals surface area contributed by atoms with E-state index in [1.807, 2.05) is 31.2 Å². The van der Waals surface area contributed by atoms with Crippen molar-refractivity contribution in [3.63, 3.8) is 0 Å². The van der Waals surface area contributed by atoms with Crippen LogP contribution in [0.2, 0.25) is 0 Å². The summed E-state index contributed by atoms with van der Waals surface area (Å²) in [7, 11) is 0. The van der Waals surface area contributed by atoms with Gasteiger partial charge in [-0.3, -0.25) is 4.79 Å². The molecule has 0 bridgehead atoms. The summed E-state index contributed by atoms with van der Waals surface area (Å²) in [6.45, 7) is 6.16. The number of benzene rings is 1. The fourth-order valence-corrected chi connectivity index (χ4v) is 2.00. The molecule has 0 fully saturated rings. The Morgan fingerprint density at radius 1 is 1.25 bits per heavy atom. The first-order valence-corrected chi connectivity index (χ1v) is 7.31. The van der Waals surface area contributed by atoms with Crippen LogP contribution in [-0.2, 0) is 11.2 Å². The lowest BCUT2D eigenvalue weighted by molar-refractivity contribution is -0.123. The van der Waals surface area contributed by atoms with Crippen molar-refractivity contribution in [1.82, 2.24) is 5.32 Å². The molecule has 0 saturated carbocycles. The predicted octanol–water partition coefficient (Wildman–Crippen LogP) is 2.26. The van der Waals surface area contributed by atoms with Crippen molar-refractivity contribution in [2.75, 3.05) is 6.61 Å². The molecule has 1 aromatic carbocycles. The fraction of sp³-hybridized carbons (Fsp3) is 0.562. The van der Waals surface area contributed by atoms with Gasteiger partial charge in [-0.05, 0) is 43.9 Å². The van der Waals surface area contributed by atoms with Crippen LogP contribution in [0.25, 0.3) is 0 Å². The highest BCUT2D eigenvalue weighted by molar-refractivity contribution is 5.77. The van der Waals surface area contributed by atoms with E-state index >= 15 is 0 Å². The predicted molar refractivity (Wildman–Crippen MR) is 81.8 cm³/mol. The third-order valence-electron chi connectivity index (χ3n) is 3.20. The second-order valence-electron chi connectivity index (χ2n) is 5.19. The van der Waals surface area contributed by atoms with Crippen LogP contribution < -0.4 is 15.8 Å². The van der Waals surface area contributed by atoms with Crippen LogP contribution in [0.5, 0.6) is 5.75 Å². The van der Waals surface area contributed by atoms with Crippen molar-refractivity contribution in [2.45, 2.75) is 52.1 Å². The molecule has 0 saturated heterocycles. The van der Waals surface area contributed by atoms with Gasteiger partial charge < -0.3 is 15.8 Å². The number of nitrogens with one attached hydrogen (secondary N) is 1. The summed E-state index contributed by atoms with van der Waals surface area (Å²) in [5.74, 6) is 0.636. The van der Waals surface area contributed by atoms with E-state index in [1.54, 1.807) is 0 Å². The molecule has 0 aliphatic rings. The minimum absolute atomic E-state index is 0.0587. The first kappa shape index (κ1) is 16.5. The maximum atomic E-state index is 11.7. The van der Waals surface area contributed by atoms with Crippen LogP contribution in [0.15, 0.2) is 24.3 Å². The van der Waals surface area contributed by atoms with Crippen molar-refractivity contribution in [3.05, 3.63) is 29.8 Å². The van der Waals surface area contributed by atoms with Gasteiger partial charge in [0.2, 0.25) is 0 Å². The summed E-state index contributed by atoms with van der Waals surface area (Å²) in [5.41, 5.74) is 6.92. The molecule has 20 heavy (non-hydrogen) atoms. The second-order valence-corrected chi connectivity index (χ2v) is 5.19. The summed E-state index contributed by atoms with van der Waals surface area (Å²) >= 11 is 0. The van der Waals surface area contributed by atoms with Crippen molar-refractivity contribution in [3.8, 4) is 5.75 Å². The van der Waals surface area contributed by atoms with E-state index < -0.39 is 0 Å². The van der Waals surface area contributed by atoms with Crippen LogP contribution in [-0.4, -0.2) is 24.6 Å². The summed E-state index contributed by atoms with van der Waals surface area (Å²) in [6.07, 6.45) is 2.72. The molecule has 1 aromatic rings. The van der Waals surface area contributed by atoms with E-state index in [0.29, 0.717) is 5.75 Å². The van der Waals surface area contributed by atoms with Gasteiger partial charge in [0.1, 0.15) is 5.75 Å². The second kappa shape index (κ2) is 8.59. The van der Waals surface area contributed by atoms with Crippen molar-refractivity contribution in [2.24, 2.45) is 5.73 Å². The average Bonchev–Trinajstić information content (AvgIpc) is 2.43. The average molecular weight is 278 g/mol. The van der Waals surface area contributed by atoms with Crippen molar-refractivity contribution >= 4 is 5.91 Å². The third-order valence-corrected chi connectivity index (χ3v) is 3.20. The molecule has 3 N–H and O–H groups in total. The Labute approximate surface area is 121 Å². The van der Waals surface area contributed by atoms with Gasteiger partial charge >= 0.3 is 0 Å². The molecule has 4 nitrogen and oxygen atoms in total. The number of carbonyl (C=O) groups excluding carboxylic acids is 1. The van der Waals surface area contributed by atoms with Gasteiger partial charge in [-0.15, -0.1) is 0 Å². The Kier molecular flexibility index (Phi) is 7.09. The monoisotopic (exact) mass is 278 g/mol. The van der Waals surface area contributed by atoms with Crippen molar-refractivity contribution in [1.29, 1.82) is 0 Å². The number of hydrogen-bond donors (Lipinski definition) is 2. The SMILES string of the molecule is CCC(CC)NC(=O)COc1ccc(CC(C)N)cc1. The van der Waals surface area contributed by atoms with E-state index in [2.05, 4.69) is 19.2 Å². The maximum Gasteiger partial charge on any atom is 0.258 e. The van der Waals surface area contributed by atoms with Crippen molar-refractivity contribution < 1.29 is 9.53 Å². The Bertz CT molecular complexity index is 397. The molecule has 0 aliphatic heterocycles. The molecule has 1 unspecified atom stereocenters. The Morgan fingerprint density at radius 3 is 2.35 bits per heavy atom. The van der Waals surface area contributed by atoms with Crippen LogP contribution in [0.4, 0.5) is 0 Å². The molecule has 1 amide bonds. The Balaban J connectivity index is 2.39. The summed E-state index contributed by atoms with van der Waals surface area (Å²) < 4.78 is 5.47. The molecule has 0 aromatic heterocycles. The van der Waals surface area contributed by atoms with Gasteiger partial charge in [-0.25, -0.2) is 0 Å². The zero-order chi connectivity index (χ0) is 15.0. The molecular weight excluding hydrogens is 252 g/mol. The van der Waals surface area contributed by atoms with Crippen LogP contribution in [0.3, 0.4) is 0 Å². The Morgan fingerprint density at radius 2 is 1.85 bits per heavy atom. The topological polar surface area (TPSA) is 64.3 Å². The highest BCUT2D eigenvalue weighted by Gasteiger charge is 2.08. The highest BCUT2D eigenvalue weighted by atomic mass is 16.5. The van der Waals surface area contributed by atoms with E-state index in [1.165, 1.54) is 5.56 Å². The standard InChI is InChI=1S/C16H26N2O2/c1-4-14(5-2)18-16(19)11-20-15-8-6-13(7-9-15)10-12(3)17/h6-9,12,14H,4-5,10-11,17H2,1-3H3,(H,18,19). The summed E-state index contributed by atoms with van der Waals surface area (Å²) in [4.78, 5) is 11.7. The number of ether oxygens (including phenoxy) is 1. The quantitative estimate of drug-likeness (QED) is 0.766. The van der Waals surface area contributed by atoms with Gasteiger partial charge in [-0.1, -0.05) is 26.0 Å². The lowest BCUT2D eigenvalue weighted by atomic mass is 10.1. The van der Waals surface area contributed by atoms with E-state index in [0.717, 1.165) is 19.3 Å². The molecule has 0 heterocycles. The molecular formula is C16H26N2O2. The third kappa shape index (κ3) is 6.06. The minimum Gasteiger partial charge on any atom is -0.484 e. The van der Waals surface area contributed by atoms with Gasteiger partial charge in [0.15, 0.2) is 6.61 Å². The van der Waals surface area contributed by atoms with E-state index in [4.69, 9.17) is 10.5 Å². The lowest BCUT2D eigenvalue weighted by Crippen LogP contribution is -2.37. The van der Waals surface area contributed by atoms with E-state index in [-0.39, 0.29) is 24.6 Å². The molecule has 0 aliphatic carbocycles. The van der Waals surface area contributed by atoms with Gasteiger partial charge in [0.25, 0.3) is 5.91 Å². The molecule has 112 valence electrons. The molecule has 1 atom stereocenters. The van der Waals surface area contributed by atoms with Crippen LogP contribution >= 0.6 is 0 Å². The first-order valence-electron chi connectivity index (χ1n) is 7.31. The number of amides is 1. The molecule has 1 rings (SSSR count). The largest absolute Gasteiger partial charge is 0.484 e. The van der Waals surface area contributed by atoms with Gasteiger partial charge in [-0.2, -0.15) is 0 Å². The fourth-order valence-electron chi connectivity index (χ4n) is 2.00. The molecule has 0 spiro atoms. The van der Waals surface area contributed by atoms with Crippen LogP contribution in [0.1, 0.15) is 39.2 Å². The van der Waals surface area contributed by atoms with E-state index in [9.17, 15) is 4.79 Å².